The maximum Gasteiger partial charge on any atom is 0.325 e. The van der Waals surface area contributed by atoms with Crippen molar-refractivity contribution in [3.8, 4) is 0 Å². The number of anilines is 1. The van der Waals surface area contributed by atoms with Crippen LogP contribution in [0.4, 0.5) is 15.0 Å². The number of nitrogens with zero attached hydrogens (tertiary/aromatic N) is 3. The van der Waals surface area contributed by atoms with Crippen molar-refractivity contribution in [3.05, 3.63) is 22.6 Å². The largest absolute Gasteiger partial charge is 0.327 e. The van der Waals surface area contributed by atoms with Gasteiger partial charge in [-0.2, -0.15) is 0 Å². The summed E-state index contributed by atoms with van der Waals surface area (Å²) in [4.78, 5) is 18.7. The molecule has 1 aliphatic heterocycles. The van der Waals surface area contributed by atoms with E-state index in [-0.39, 0.29) is 11.8 Å². The minimum Gasteiger partial charge on any atom is -0.327 e. The Kier molecular flexibility index (Phi) is 3.09. The van der Waals surface area contributed by atoms with Crippen LogP contribution in [-0.4, -0.2) is 36.1 Å². The van der Waals surface area contributed by atoms with Gasteiger partial charge in [0.1, 0.15) is 0 Å². The van der Waals surface area contributed by atoms with E-state index in [1.54, 1.807) is 11.9 Å². The molecule has 0 N–H and O–H groups in total. The molecule has 0 spiro atoms. The number of hydrogen-bond donors (Lipinski definition) is 0. The standard InChI is InChI=1S/C10H11BrFN3O/c1-14-3-2-4-15(10(14)16)9-8(12)5-7(11)6-13-9/h5-6H,2-4H2,1H3. The highest BCUT2D eigenvalue weighted by Gasteiger charge is 2.27. The Morgan fingerprint density at radius 3 is 2.94 bits per heavy atom. The van der Waals surface area contributed by atoms with Gasteiger partial charge in [0.15, 0.2) is 11.6 Å². The van der Waals surface area contributed by atoms with Gasteiger partial charge in [-0.1, -0.05) is 0 Å². The maximum absolute atomic E-state index is 13.6. The predicted molar refractivity (Wildman–Crippen MR) is 61.9 cm³/mol. The second-order valence-electron chi connectivity index (χ2n) is 3.67. The summed E-state index contributed by atoms with van der Waals surface area (Å²) in [5.41, 5.74) is 0. The molecule has 1 fully saturated rings. The number of carbonyl (C=O) groups is 1. The van der Waals surface area contributed by atoms with Gasteiger partial charge in [0.2, 0.25) is 0 Å². The van der Waals surface area contributed by atoms with Crippen molar-refractivity contribution < 1.29 is 9.18 Å². The van der Waals surface area contributed by atoms with E-state index in [0.29, 0.717) is 17.6 Å². The van der Waals surface area contributed by atoms with Crippen LogP contribution in [0.1, 0.15) is 6.42 Å². The van der Waals surface area contributed by atoms with Crippen LogP contribution in [0.3, 0.4) is 0 Å². The molecular formula is C10H11BrFN3O. The van der Waals surface area contributed by atoms with Gasteiger partial charge < -0.3 is 4.90 Å². The molecule has 0 atom stereocenters. The Hall–Kier alpha value is -1.17. The van der Waals surface area contributed by atoms with Gasteiger partial charge in [0, 0.05) is 30.8 Å². The zero-order valence-electron chi connectivity index (χ0n) is 8.78. The molecule has 0 bridgehead atoms. The van der Waals surface area contributed by atoms with Crippen LogP contribution in [0.2, 0.25) is 0 Å². The van der Waals surface area contributed by atoms with Gasteiger partial charge in [0.25, 0.3) is 0 Å². The van der Waals surface area contributed by atoms with E-state index >= 15 is 0 Å². The highest BCUT2D eigenvalue weighted by molar-refractivity contribution is 9.10. The van der Waals surface area contributed by atoms with Crippen LogP contribution in [0.25, 0.3) is 0 Å². The van der Waals surface area contributed by atoms with Crippen LogP contribution in [0.5, 0.6) is 0 Å². The van der Waals surface area contributed by atoms with E-state index in [9.17, 15) is 9.18 Å². The van der Waals surface area contributed by atoms with Gasteiger partial charge in [-0.05, 0) is 28.4 Å². The highest BCUT2D eigenvalue weighted by atomic mass is 79.9. The van der Waals surface area contributed by atoms with Crippen LogP contribution in [0, 0.1) is 5.82 Å². The van der Waals surface area contributed by atoms with Gasteiger partial charge in [-0.3, -0.25) is 4.90 Å². The number of aromatic nitrogens is 1. The van der Waals surface area contributed by atoms with Crippen molar-refractivity contribution in [3.63, 3.8) is 0 Å². The number of halogens is 2. The summed E-state index contributed by atoms with van der Waals surface area (Å²) >= 11 is 3.13. The summed E-state index contributed by atoms with van der Waals surface area (Å²) < 4.78 is 14.2. The average molecular weight is 288 g/mol. The topological polar surface area (TPSA) is 36.4 Å². The molecule has 16 heavy (non-hydrogen) atoms. The van der Waals surface area contributed by atoms with E-state index < -0.39 is 5.82 Å². The van der Waals surface area contributed by atoms with Gasteiger partial charge >= 0.3 is 6.03 Å². The fraction of sp³-hybridized carbons (Fsp3) is 0.400. The average Bonchev–Trinajstić information content (AvgIpc) is 2.23. The SMILES string of the molecule is CN1CCCN(c2ncc(Br)cc2F)C1=O. The Balaban J connectivity index is 2.32. The molecule has 1 aromatic heterocycles. The normalized spacial score (nSPS) is 16.8. The summed E-state index contributed by atoms with van der Waals surface area (Å²) in [5, 5.41) is 0. The highest BCUT2D eigenvalue weighted by Crippen LogP contribution is 2.22. The zero-order chi connectivity index (χ0) is 11.7. The third-order valence-corrected chi connectivity index (χ3v) is 2.91. The number of pyridine rings is 1. The summed E-state index contributed by atoms with van der Waals surface area (Å²) in [6, 6.07) is 1.10. The Labute approximate surface area is 101 Å². The first-order valence-electron chi connectivity index (χ1n) is 4.93. The lowest BCUT2D eigenvalue weighted by Gasteiger charge is -2.32. The molecule has 2 amide bonds. The van der Waals surface area contributed by atoms with Crippen LogP contribution in [0.15, 0.2) is 16.7 Å². The minimum absolute atomic E-state index is 0.0970. The molecule has 6 heteroatoms. The smallest absolute Gasteiger partial charge is 0.325 e. The second-order valence-corrected chi connectivity index (χ2v) is 4.58. The molecule has 86 valence electrons. The van der Waals surface area contributed by atoms with Gasteiger partial charge in [0.05, 0.1) is 0 Å². The molecule has 4 nitrogen and oxygen atoms in total. The zero-order valence-corrected chi connectivity index (χ0v) is 10.4. The molecular weight excluding hydrogens is 277 g/mol. The molecule has 0 radical (unpaired) electrons. The molecule has 0 aliphatic carbocycles. The van der Waals surface area contributed by atoms with E-state index in [4.69, 9.17) is 0 Å². The summed E-state index contributed by atoms with van der Waals surface area (Å²) in [6.07, 6.45) is 2.31. The minimum atomic E-state index is -0.488. The fourth-order valence-electron chi connectivity index (χ4n) is 1.67. The number of hydrogen-bond acceptors (Lipinski definition) is 2. The van der Waals surface area contributed by atoms with Gasteiger partial charge in [-0.15, -0.1) is 0 Å². The lowest BCUT2D eigenvalue weighted by Crippen LogP contribution is -2.48. The van der Waals surface area contributed by atoms with Crippen molar-refractivity contribution in [1.82, 2.24) is 9.88 Å². The Morgan fingerprint density at radius 2 is 2.25 bits per heavy atom. The van der Waals surface area contributed by atoms with E-state index in [1.807, 2.05) is 0 Å². The van der Waals surface area contributed by atoms with E-state index in [0.717, 1.165) is 6.42 Å². The van der Waals surface area contributed by atoms with Gasteiger partial charge in [-0.25, -0.2) is 14.2 Å². The van der Waals surface area contributed by atoms with Crippen LogP contribution in [-0.2, 0) is 0 Å². The molecule has 1 aliphatic rings. The molecule has 1 saturated heterocycles. The van der Waals surface area contributed by atoms with Crippen molar-refractivity contribution in [2.24, 2.45) is 0 Å². The first-order valence-corrected chi connectivity index (χ1v) is 5.72. The van der Waals surface area contributed by atoms with Crippen molar-refractivity contribution >= 4 is 27.8 Å². The summed E-state index contributed by atoms with van der Waals surface area (Å²) in [7, 11) is 1.70. The summed E-state index contributed by atoms with van der Waals surface area (Å²) in [6.45, 7) is 1.21. The number of urea groups is 1. The fourth-order valence-corrected chi connectivity index (χ4v) is 1.97. The monoisotopic (exact) mass is 287 g/mol. The molecule has 0 saturated carbocycles. The lowest BCUT2D eigenvalue weighted by molar-refractivity contribution is 0.207. The predicted octanol–water partition coefficient (Wildman–Crippen LogP) is 2.25. The molecule has 0 unspecified atom stereocenters. The summed E-state index contributed by atoms with van der Waals surface area (Å²) in [5.74, 6) is -0.391. The van der Waals surface area contributed by atoms with E-state index in [2.05, 4.69) is 20.9 Å². The number of carbonyl (C=O) groups excluding carboxylic acids is 1. The Morgan fingerprint density at radius 1 is 1.50 bits per heavy atom. The second kappa shape index (κ2) is 4.37. The third-order valence-electron chi connectivity index (χ3n) is 2.48. The van der Waals surface area contributed by atoms with Crippen molar-refractivity contribution in [2.45, 2.75) is 6.42 Å². The molecule has 2 rings (SSSR count). The molecule has 2 heterocycles. The quantitative estimate of drug-likeness (QED) is 0.794. The number of rotatable bonds is 1. The van der Waals surface area contributed by atoms with Crippen molar-refractivity contribution in [2.75, 3.05) is 25.0 Å². The lowest BCUT2D eigenvalue weighted by atomic mass is 10.3. The third kappa shape index (κ3) is 2.02. The van der Waals surface area contributed by atoms with Crippen LogP contribution < -0.4 is 4.90 Å². The Bertz CT molecular complexity index is 427. The molecule has 1 aromatic rings. The molecule has 0 aromatic carbocycles. The van der Waals surface area contributed by atoms with Crippen LogP contribution >= 0.6 is 15.9 Å². The van der Waals surface area contributed by atoms with Crippen molar-refractivity contribution in [1.29, 1.82) is 0 Å². The first-order chi connectivity index (χ1) is 7.59. The number of amides is 2. The maximum atomic E-state index is 13.6. The van der Waals surface area contributed by atoms with E-state index in [1.165, 1.54) is 17.2 Å². The first kappa shape index (κ1) is 11.3.